The Kier molecular flexibility index (Phi) is 2.09. The predicted octanol–water partition coefficient (Wildman–Crippen LogP) is 0.772. The Morgan fingerprint density at radius 2 is 2.00 bits per heavy atom. The van der Waals surface area contributed by atoms with E-state index in [4.69, 9.17) is 4.74 Å². The van der Waals surface area contributed by atoms with Crippen molar-refractivity contribution in [3.8, 4) is 0 Å². The molecule has 2 nitrogen and oxygen atoms in total. The molecule has 0 aliphatic carbocycles. The maximum atomic E-state index is 5.54. The average molecular weight is 129 g/mol. The molecule has 54 valence electrons. The van der Waals surface area contributed by atoms with Crippen LogP contribution in [-0.4, -0.2) is 24.8 Å². The molecule has 2 heteroatoms. The van der Waals surface area contributed by atoms with Crippen LogP contribution >= 0.6 is 0 Å². The summed E-state index contributed by atoms with van der Waals surface area (Å²) in [6.45, 7) is 7.34. The Labute approximate surface area is 56.6 Å². The summed E-state index contributed by atoms with van der Waals surface area (Å²) in [5.41, 5.74) is 0. The van der Waals surface area contributed by atoms with Gasteiger partial charge in [0.25, 0.3) is 0 Å². The largest absolute Gasteiger partial charge is 0.373 e. The van der Waals surface area contributed by atoms with E-state index in [1.54, 1.807) is 0 Å². The lowest BCUT2D eigenvalue weighted by Crippen LogP contribution is -2.48. The Morgan fingerprint density at radius 1 is 1.33 bits per heavy atom. The molecular weight excluding hydrogens is 114 g/mol. The van der Waals surface area contributed by atoms with E-state index in [1.807, 2.05) is 0 Å². The van der Waals surface area contributed by atoms with E-state index in [1.165, 1.54) is 0 Å². The lowest BCUT2D eigenvalue weighted by molar-refractivity contribution is -0.0395. The molecule has 0 bridgehead atoms. The van der Waals surface area contributed by atoms with Crippen molar-refractivity contribution in [1.82, 2.24) is 5.32 Å². The normalized spacial score (nSPS) is 45.0. The fourth-order valence-corrected chi connectivity index (χ4v) is 1.05. The van der Waals surface area contributed by atoms with Crippen LogP contribution in [0, 0.1) is 0 Å². The van der Waals surface area contributed by atoms with Gasteiger partial charge in [-0.1, -0.05) is 0 Å². The van der Waals surface area contributed by atoms with Gasteiger partial charge in [0.1, 0.15) is 0 Å². The van der Waals surface area contributed by atoms with Crippen molar-refractivity contribution < 1.29 is 4.74 Å². The van der Waals surface area contributed by atoms with Gasteiger partial charge in [0.15, 0.2) is 0 Å². The van der Waals surface area contributed by atoms with E-state index in [2.05, 4.69) is 26.1 Å². The second kappa shape index (κ2) is 2.67. The van der Waals surface area contributed by atoms with Gasteiger partial charge < -0.3 is 10.1 Å². The molecule has 1 N–H and O–H groups in total. The summed E-state index contributed by atoms with van der Waals surface area (Å²) in [7, 11) is 0. The molecule has 0 amide bonds. The number of nitrogens with one attached hydrogen (secondary N) is 1. The topological polar surface area (TPSA) is 21.3 Å². The number of morpholine rings is 1. The van der Waals surface area contributed by atoms with Gasteiger partial charge >= 0.3 is 0 Å². The molecule has 0 radical (unpaired) electrons. The third kappa shape index (κ3) is 1.66. The maximum absolute atomic E-state index is 5.54. The van der Waals surface area contributed by atoms with E-state index in [-0.39, 0.29) is 0 Å². The second-order valence-corrected chi connectivity index (χ2v) is 2.85. The molecule has 9 heavy (non-hydrogen) atoms. The van der Waals surface area contributed by atoms with Crippen LogP contribution in [0.5, 0.6) is 0 Å². The summed E-state index contributed by atoms with van der Waals surface area (Å²) in [6.07, 6.45) is 0.755. The van der Waals surface area contributed by atoms with Crippen LogP contribution in [0.15, 0.2) is 0 Å². The summed E-state index contributed by atoms with van der Waals surface area (Å²) in [5, 5.41) is 3.36. The Bertz CT molecular complexity index is 94.9. The molecule has 0 aromatic rings. The van der Waals surface area contributed by atoms with E-state index < -0.39 is 0 Å². The highest BCUT2D eigenvalue weighted by Crippen LogP contribution is 2.07. The van der Waals surface area contributed by atoms with Gasteiger partial charge in [0.2, 0.25) is 0 Å². The summed E-state index contributed by atoms with van der Waals surface area (Å²) in [4.78, 5) is 0. The van der Waals surface area contributed by atoms with Crippen molar-refractivity contribution in [1.29, 1.82) is 0 Å². The molecule has 1 heterocycles. The second-order valence-electron chi connectivity index (χ2n) is 2.85. The lowest BCUT2D eigenvalue weighted by atomic mass is 10.1. The average Bonchev–Trinajstić information content (AvgIpc) is 1.80. The first kappa shape index (κ1) is 7.03. The van der Waals surface area contributed by atoms with Crippen molar-refractivity contribution in [2.75, 3.05) is 6.54 Å². The first-order valence-electron chi connectivity index (χ1n) is 3.59. The van der Waals surface area contributed by atoms with Gasteiger partial charge in [0.05, 0.1) is 12.2 Å². The lowest BCUT2D eigenvalue weighted by Gasteiger charge is -2.31. The summed E-state index contributed by atoms with van der Waals surface area (Å²) in [5.74, 6) is 0. The van der Waals surface area contributed by atoms with Crippen molar-refractivity contribution in [3.63, 3.8) is 0 Å². The van der Waals surface area contributed by atoms with Crippen molar-refractivity contribution in [3.05, 3.63) is 0 Å². The van der Waals surface area contributed by atoms with Crippen molar-refractivity contribution in [2.45, 2.75) is 39.0 Å². The molecule has 0 spiro atoms. The number of hydrogen-bond donors (Lipinski definition) is 1. The number of hydrogen-bond acceptors (Lipinski definition) is 2. The third-order valence-electron chi connectivity index (χ3n) is 1.88. The number of ether oxygens (including phenoxy) is 1. The summed E-state index contributed by atoms with van der Waals surface area (Å²) < 4.78 is 5.54. The molecule has 1 aliphatic rings. The quantitative estimate of drug-likeness (QED) is 0.521. The fraction of sp³-hybridized carbons (Fsp3) is 1.00. The van der Waals surface area contributed by atoms with Gasteiger partial charge in [-0.05, 0) is 20.8 Å². The minimum atomic E-state index is 0.369. The highest BCUT2D eigenvalue weighted by Gasteiger charge is 2.20. The van der Waals surface area contributed by atoms with Gasteiger partial charge in [-0.2, -0.15) is 0 Å². The van der Waals surface area contributed by atoms with Crippen molar-refractivity contribution >= 4 is 0 Å². The Morgan fingerprint density at radius 3 is 2.44 bits per heavy atom. The monoisotopic (exact) mass is 129 g/mol. The zero-order valence-electron chi connectivity index (χ0n) is 6.35. The third-order valence-corrected chi connectivity index (χ3v) is 1.88. The van der Waals surface area contributed by atoms with Crippen LogP contribution in [-0.2, 0) is 4.74 Å². The fourth-order valence-electron chi connectivity index (χ4n) is 1.05. The molecule has 1 aliphatic heterocycles. The van der Waals surface area contributed by atoms with Crippen LogP contribution in [0.3, 0.4) is 0 Å². The first-order valence-corrected chi connectivity index (χ1v) is 3.59. The molecule has 0 unspecified atom stereocenters. The standard InChI is InChI=1S/C7H15NO/c1-5-4-8-6(2)7(3)9-5/h5-8H,4H2,1-3H3/t5-,6+,7-/m0/s1. The highest BCUT2D eigenvalue weighted by molar-refractivity contribution is 4.76. The zero-order chi connectivity index (χ0) is 6.85. The summed E-state index contributed by atoms with van der Waals surface area (Å²) in [6, 6.07) is 0.515. The van der Waals surface area contributed by atoms with E-state index in [0.717, 1.165) is 6.54 Å². The first-order chi connectivity index (χ1) is 4.20. The molecule has 3 atom stereocenters. The van der Waals surface area contributed by atoms with Gasteiger partial charge in [-0.15, -0.1) is 0 Å². The number of rotatable bonds is 0. The van der Waals surface area contributed by atoms with Crippen LogP contribution < -0.4 is 5.32 Å². The predicted molar refractivity (Wildman–Crippen MR) is 37.5 cm³/mol. The van der Waals surface area contributed by atoms with Crippen LogP contribution in [0.2, 0.25) is 0 Å². The molecule has 1 fully saturated rings. The molecule has 1 rings (SSSR count). The SMILES string of the molecule is C[C@@H]1O[C@@H](C)CN[C@@H]1C. The van der Waals surface area contributed by atoms with Gasteiger partial charge in [-0.3, -0.25) is 0 Å². The van der Waals surface area contributed by atoms with Crippen LogP contribution in [0.4, 0.5) is 0 Å². The Hall–Kier alpha value is -0.0800. The van der Waals surface area contributed by atoms with E-state index in [0.29, 0.717) is 18.2 Å². The van der Waals surface area contributed by atoms with Gasteiger partial charge in [-0.25, -0.2) is 0 Å². The molecule has 0 aromatic heterocycles. The minimum Gasteiger partial charge on any atom is -0.373 e. The molecule has 1 saturated heterocycles. The smallest absolute Gasteiger partial charge is 0.0701 e. The van der Waals surface area contributed by atoms with Gasteiger partial charge in [0, 0.05) is 12.6 Å². The van der Waals surface area contributed by atoms with Crippen LogP contribution in [0.1, 0.15) is 20.8 Å². The maximum Gasteiger partial charge on any atom is 0.0701 e. The van der Waals surface area contributed by atoms with Crippen molar-refractivity contribution in [2.24, 2.45) is 0 Å². The molecule has 0 saturated carbocycles. The van der Waals surface area contributed by atoms with Crippen LogP contribution in [0.25, 0.3) is 0 Å². The molecular formula is C7H15NO. The highest BCUT2D eigenvalue weighted by atomic mass is 16.5. The minimum absolute atomic E-state index is 0.369. The Balaban J connectivity index is 2.35. The molecule has 0 aromatic carbocycles. The van der Waals surface area contributed by atoms with E-state index in [9.17, 15) is 0 Å². The zero-order valence-corrected chi connectivity index (χ0v) is 6.35. The van der Waals surface area contributed by atoms with E-state index >= 15 is 0 Å². The summed E-state index contributed by atoms with van der Waals surface area (Å²) >= 11 is 0.